The number of amides is 1. The highest BCUT2D eigenvalue weighted by atomic mass is 16.1. The maximum atomic E-state index is 12.3. The van der Waals surface area contributed by atoms with Crippen LogP contribution in [-0.2, 0) is 0 Å². The predicted octanol–water partition coefficient (Wildman–Crippen LogP) is 4.09. The van der Waals surface area contributed by atoms with E-state index >= 15 is 0 Å². The van der Waals surface area contributed by atoms with Gasteiger partial charge in [0.05, 0.1) is 12.4 Å². The SMILES string of the molecule is CC1CCCN(c2cnc(C(=O)Nc3ccc(C(C)C)cc3)cn2)C1. The molecule has 25 heavy (non-hydrogen) atoms. The van der Waals surface area contributed by atoms with E-state index in [1.54, 1.807) is 12.4 Å². The van der Waals surface area contributed by atoms with E-state index in [1.165, 1.54) is 18.4 Å². The molecule has 1 fully saturated rings. The molecule has 1 amide bonds. The van der Waals surface area contributed by atoms with Gasteiger partial charge in [-0.1, -0.05) is 32.9 Å². The smallest absolute Gasteiger partial charge is 0.275 e. The van der Waals surface area contributed by atoms with Gasteiger partial charge < -0.3 is 10.2 Å². The lowest BCUT2D eigenvalue weighted by Crippen LogP contribution is -2.35. The Kier molecular flexibility index (Phi) is 5.31. The summed E-state index contributed by atoms with van der Waals surface area (Å²) in [5.74, 6) is 1.76. The normalized spacial score (nSPS) is 17.6. The van der Waals surface area contributed by atoms with E-state index in [0.29, 0.717) is 17.5 Å². The molecule has 132 valence electrons. The molecule has 3 rings (SSSR count). The van der Waals surface area contributed by atoms with Crippen LogP contribution in [-0.4, -0.2) is 29.0 Å². The number of hydrogen-bond donors (Lipinski definition) is 1. The zero-order valence-electron chi connectivity index (χ0n) is 15.2. The summed E-state index contributed by atoms with van der Waals surface area (Å²) in [6, 6.07) is 7.91. The van der Waals surface area contributed by atoms with E-state index in [4.69, 9.17) is 0 Å². The second-order valence-electron chi connectivity index (χ2n) is 7.18. The third-order valence-corrected chi connectivity index (χ3v) is 4.69. The first-order valence-corrected chi connectivity index (χ1v) is 9.01. The van der Waals surface area contributed by atoms with Gasteiger partial charge in [0.2, 0.25) is 0 Å². The van der Waals surface area contributed by atoms with Gasteiger partial charge in [-0.3, -0.25) is 4.79 Å². The minimum Gasteiger partial charge on any atom is -0.355 e. The lowest BCUT2D eigenvalue weighted by Gasteiger charge is -2.31. The molecule has 2 aromatic rings. The number of carbonyl (C=O) groups is 1. The van der Waals surface area contributed by atoms with E-state index in [1.807, 2.05) is 24.3 Å². The molecule has 5 nitrogen and oxygen atoms in total. The second-order valence-corrected chi connectivity index (χ2v) is 7.18. The summed E-state index contributed by atoms with van der Waals surface area (Å²) in [6.07, 6.45) is 5.71. The Morgan fingerprint density at radius 3 is 2.56 bits per heavy atom. The summed E-state index contributed by atoms with van der Waals surface area (Å²) in [6.45, 7) is 8.56. The van der Waals surface area contributed by atoms with Crippen LogP contribution in [0.3, 0.4) is 0 Å². The first-order valence-electron chi connectivity index (χ1n) is 9.01. The van der Waals surface area contributed by atoms with Crippen molar-refractivity contribution in [3.05, 3.63) is 47.9 Å². The van der Waals surface area contributed by atoms with E-state index in [9.17, 15) is 4.79 Å². The van der Waals surface area contributed by atoms with Crippen molar-refractivity contribution in [1.29, 1.82) is 0 Å². The molecule has 1 saturated heterocycles. The Morgan fingerprint density at radius 1 is 1.20 bits per heavy atom. The van der Waals surface area contributed by atoms with Crippen LogP contribution in [0.2, 0.25) is 0 Å². The molecule has 1 aromatic heterocycles. The molecule has 0 aliphatic carbocycles. The molecule has 1 unspecified atom stereocenters. The Labute approximate surface area is 149 Å². The Hall–Kier alpha value is -2.43. The van der Waals surface area contributed by atoms with Gasteiger partial charge in [-0.15, -0.1) is 0 Å². The van der Waals surface area contributed by atoms with Gasteiger partial charge in [0.1, 0.15) is 11.5 Å². The summed E-state index contributed by atoms with van der Waals surface area (Å²) in [4.78, 5) is 23.3. The fourth-order valence-corrected chi connectivity index (χ4v) is 3.15. The second kappa shape index (κ2) is 7.64. The average Bonchev–Trinajstić information content (AvgIpc) is 2.62. The van der Waals surface area contributed by atoms with Crippen molar-refractivity contribution < 1.29 is 4.79 Å². The first-order chi connectivity index (χ1) is 12.0. The van der Waals surface area contributed by atoms with Crippen LogP contribution in [0.25, 0.3) is 0 Å². The van der Waals surface area contributed by atoms with Crippen LogP contribution in [0.4, 0.5) is 11.5 Å². The van der Waals surface area contributed by atoms with Crippen LogP contribution in [0, 0.1) is 5.92 Å². The molecule has 1 N–H and O–H groups in total. The minimum atomic E-state index is -0.233. The molecular weight excluding hydrogens is 312 g/mol. The lowest BCUT2D eigenvalue weighted by molar-refractivity contribution is 0.102. The van der Waals surface area contributed by atoms with E-state index in [0.717, 1.165) is 24.6 Å². The number of hydrogen-bond acceptors (Lipinski definition) is 4. The molecule has 1 aliphatic rings. The van der Waals surface area contributed by atoms with E-state index in [2.05, 4.69) is 41.0 Å². The van der Waals surface area contributed by atoms with Crippen molar-refractivity contribution >= 4 is 17.4 Å². The lowest BCUT2D eigenvalue weighted by atomic mass is 10.0. The van der Waals surface area contributed by atoms with Crippen LogP contribution in [0.1, 0.15) is 55.6 Å². The van der Waals surface area contributed by atoms with Crippen molar-refractivity contribution in [3.63, 3.8) is 0 Å². The van der Waals surface area contributed by atoms with Crippen LogP contribution in [0.5, 0.6) is 0 Å². The highest BCUT2D eigenvalue weighted by Gasteiger charge is 2.18. The minimum absolute atomic E-state index is 0.233. The number of piperidine rings is 1. The maximum Gasteiger partial charge on any atom is 0.275 e. The monoisotopic (exact) mass is 338 g/mol. The van der Waals surface area contributed by atoms with Gasteiger partial charge >= 0.3 is 0 Å². The van der Waals surface area contributed by atoms with Gasteiger partial charge in [0.15, 0.2) is 0 Å². The predicted molar refractivity (Wildman–Crippen MR) is 101 cm³/mol. The van der Waals surface area contributed by atoms with Crippen molar-refractivity contribution in [2.75, 3.05) is 23.3 Å². The molecule has 2 heterocycles. The topological polar surface area (TPSA) is 58.1 Å². The molecule has 0 saturated carbocycles. The molecule has 0 radical (unpaired) electrons. The highest BCUT2D eigenvalue weighted by Crippen LogP contribution is 2.21. The summed E-state index contributed by atoms with van der Waals surface area (Å²) in [7, 11) is 0. The fourth-order valence-electron chi connectivity index (χ4n) is 3.15. The summed E-state index contributed by atoms with van der Waals surface area (Å²) < 4.78 is 0. The Morgan fingerprint density at radius 2 is 1.96 bits per heavy atom. The Bertz CT molecular complexity index is 709. The van der Waals surface area contributed by atoms with Crippen molar-refractivity contribution in [1.82, 2.24) is 9.97 Å². The molecule has 0 spiro atoms. The van der Waals surface area contributed by atoms with Gasteiger partial charge in [-0.25, -0.2) is 9.97 Å². The third kappa shape index (κ3) is 4.35. The molecule has 1 aliphatic heterocycles. The Balaban J connectivity index is 1.64. The zero-order chi connectivity index (χ0) is 17.8. The van der Waals surface area contributed by atoms with E-state index < -0.39 is 0 Å². The van der Waals surface area contributed by atoms with E-state index in [-0.39, 0.29) is 5.91 Å². The fraction of sp³-hybridized carbons (Fsp3) is 0.450. The highest BCUT2D eigenvalue weighted by molar-refractivity contribution is 6.02. The molecule has 1 aromatic carbocycles. The number of rotatable bonds is 4. The van der Waals surface area contributed by atoms with Gasteiger partial charge in [-0.2, -0.15) is 0 Å². The van der Waals surface area contributed by atoms with Crippen molar-refractivity contribution in [2.24, 2.45) is 5.92 Å². The average molecular weight is 338 g/mol. The van der Waals surface area contributed by atoms with Gasteiger partial charge in [0, 0.05) is 18.8 Å². The number of nitrogens with one attached hydrogen (secondary N) is 1. The van der Waals surface area contributed by atoms with Crippen molar-refractivity contribution in [3.8, 4) is 0 Å². The largest absolute Gasteiger partial charge is 0.355 e. The van der Waals surface area contributed by atoms with Crippen LogP contribution >= 0.6 is 0 Å². The summed E-state index contributed by atoms with van der Waals surface area (Å²) in [5, 5.41) is 2.88. The number of benzene rings is 1. The number of anilines is 2. The molecular formula is C20H26N4O. The first kappa shape index (κ1) is 17.4. The van der Waals surface area contributed by atoms with Crippen LogP contribution < -0.4 is 10.2 Å². The zero-order valence-corrected chi connectivity index (χ0v) is 15.2. The summed E-state index contributed by atoms with van der Waals surface area (Å²) in [5.41, 5.74) is 2.35. The third-order valence-electron chi connectivity index (χ3n) is 4.69. The summed E-state index contributed by atoms with van der Waals surface area (Å²) >= 11 is 0. The van der Waals surface area contributed by atoms with Crippen molar-refractivity contribution in [2.45, 2.75) is 39.5 Å². The van der Waals surface area contributed by atoms with Gasteiger partial charge in [-0.05, 0) is 42.4 Å². The van der Waals surface area contributed by atoms with Crippen LogP contribution in [0.15, 0.2) is 36.7 Å². The van der Waals surface area contributed by atoms with Gasteiger partial charge in [0.25, 0.3) is 5.91 Å². The molecule has 1 atom stereocenters. The quantitative estimate of drug-likeness (QED) is 0.912. The molecule has 5 heteroatoms. The number of nitrogens with zero attached hydrogens (tertiary/aromatic N) is 3. The standard InChI is InChI=1S/C20H26N4O/c1-14(2)16-6-8-17(9-7-16)23-20(25)18-11-22-19(12-21-18)24-10-4-5-15(3)13-24/h6-9,11-12,14-15H,4-5,10,13H2,1-3H3,(H,23,25). The molecule has 0 bridgehead atoms. The number of carbonyl (C=O) groups excluding carboxylic acids is 1. The number of aromatic nitrogens is 2. The maximum absolute atomic E-state index is 12.3.